The minimum atomic E-state index is -0.349. The number of primary amides is 1. The molecule has 2 atom stereocenters. The van der Waals surface area contributed by atoms with E-state index in [9.17, 15) is 9.59 Å². The van der Waals surface area contributed by atoms with Crippen LogP contribution in [0.4, 0.5) is 0 Å². The highest BCUT2D eigenvalue weighted by molar-refractivity contribution is 6.05. The van der Waals surface area contributed by atoms with Gasteiger partial charge in [0.2, 0.25) is 5.91 Å². The number of fused-ring (bicyclic) bond motifs is 3. The van der Waals surface area contributed by atoms with E-state index in [0.29, 0.717) is 12.3 Å². The zero-order valence-electron chi connectivity index (χ0n) is 15.2. The van der Waals surface area contributed by atoms with E-state index in [1.54, 1.807) is 11.0 Å². The van der Waals surface area contributed by atoms with Crippen molar-refractivity contribution in [1.29, 1.82) is 0 Å². The second-order valence-electron chi connectivity index (χ2n) is 7.12. The van der Waals surface area contributed by atoms with E-state index in [-0.39, 0.29) is 30.4 Å². The Morgan fingerprint density at radius 2 is 1.93 bits per heavy atom. The van der Waals surface area contributed by atoms with Crippen molar-refractivity contribution in [3.05, 3.63) is 42.5 Å². The first-order chi connectivity index (χ1) is 13.0. The van der Waals surface area contributed by atoms with Crippen LogP contribution < -0.4 is 10.5 Å². The molecule has 0 radical (unpaired) electrons. The van der Waals surface area contributed by atoms with Crippen molar-refractivity contribution in [3.8, 4) is 5.75 Å². The van der Waals surface area contributed by atoms with Crippen LogP contribution in [0, 0.1) is 5.92 Å². The van der Waals surface area contributed by atoms with Gasteiger partial charge in [0.05, 0.1) is 5.92 Å². The largest absolute Gasteiger partial charge is 0.484 e. The van der Waals surface area contributed by atoms with Crippen LogP contribution in [0.15, 0.2) is 46.9 Å². The smallest absolute Gasteiger partial charge is 0.260 e. The van der Waals surface area contributed by atoms with Gasteiger partial charge in [0.15, 0.2) is 6.61 Å². The number of ether oxygens (including phenoxy) is 1. The predicted molar refractivity (Wildman–Crippen MR) is 102 cm³/mol. The van der Waals surface area contributed by atoms with Crippen LogP contribution in [-0.4, -0.2) is 35.9 Å². The Morgan fingerprint density at radius 3 is 2.74 bits per heavy atom. The van der Waals surface area contributed by atoms with E-state index in [0.717, 1.165) is 34.8 Å². The Balaban J connectivity index is 1.48. The van der Waals surface area contributed by atoms with Crippen molar-refractivity contribution in [2.75, 3.05) is 13.2 Å². The monoisotopic (exact) mass is 366 g/mol. The molecule has 3 aromatic rings. The predicted octanol–water partition coefficient (Wildman–Crippen LogP) is 3.08. The first-order valence-electron chi connectivity index (χ1n) is 9.16. The Morgan fingerprint density at radius 1 is 1.15 bits per heavy atom. The Labute approximate surface area is 156 Å². The molecular formula is C21H22N2O4. The first kappa shape index (κ1) is 17.4. The third-order valence-corrected chi connectivity index (χ3v) is 5.32. The molecule has 2 N–H and O–H groups in total. The lowest BCUT2D eigenvalue weighted by Crippen LogP contribution is -2.50. The molecule has 140 valence electrons. The van der Waals surface area contributed by atoms with E-state index >= 15 is 0 Å². The van der Waals surface area contributed by atoms with Crippen molar-refractivity contribution in [2.45, 2.75) is 25.8 Å². The highest BCUT2D eigenvalue weighted by Crippen LogP contribution is 2.31. The van der Waals surface area contributed by atoms with E-state index in [4.69, 9.17) is 14.9 Å². The normalized spacial score (nSPS) is 20.1. The molecule has 4 rings (SSSR count). The van der Waals surface area contributed by atoms with Crippen molar-refractivity contribution in [2.24, 2.45) is 11.7 Å². The van der Waals surface area contributed by atoms with Gasteiger partial charge in [0.25, 0.3) is 5.91 Å². The zero-order valence-corrected chi connectivity index (χ0v) is 15.2. The number of hydrogen-bond donors (Lipinski definition) is 1. The van der Waals surface area contributed by atoms with Gasteiger partial charge in [0.1, 0.15) is 16.9 Å². The molecule has 1 aliphatic rings. The minimum Gasteiger partial charge on any atom is -0.484 e. The maximum absolute atomic E-state index is 12.6. The summed E-state index contributed by atoms with van der Waals surface area (Å²) >= 11 is 0. The fraction of sp³-hybridized carbons (Fsp3) is 0.333. The van der Waals surface area contributed by atoms with Crippen LogP contribution in [0.25, 0.3) is 21.9 Å². The SMILES string of the molecule is C[C@@H]1CC[C@@H](C(N)=O)CN1C(=O)COc1ccc2oc3ccccc3c2c1. The minimum absolute atomic E-state index is 0.0723. The molecule has 0 saturated carbocycles. The van der Waals surface area contributed by atoms with Crippen molar-refractivity contribution in [1.82, 2.24) is 4.90 Å². The molecule has 2 heterocycles. The summed E-state index contributed by atoms with van der Waals surface area (Å²) in [6, 6.07) is 13.4. The van der Waals surface area contributed by atoms with Gasteiger partial charge >= 0.3 is 0 Å². The van der Waals surface area contributed by atoms with Gasteiger partial charge < -0.3 is 19.8 Å². The molecule has 0 bridgehead atoms. The summed E-state index contributed by atoms with van der Waals surface area (Å²) in [6.07, 6.45) is 1.50. The average Bonchev–Trinajstić information content (AvgIpc) is 3.04. The molecule has 2 aromatic carbocycles. The lowest BCUT2D eigenvalue weighted by atomic mass is 9.93. The van der Waals surface area contributed by atoms with Gasteiger partial charge in [-0.2, -0.15) is 0 Å². The molecule has 6 heteroatoms. The second kappa shape index (κ2) is 6.95. The molecule has 0 unspecified atom stereocenters. The molecular weight excluding hydrogens is 344 g/mol. The fourth-order valence-electron chi connectivity index (χ4n) is 3.71. The number of likely N-dealkylation sites (tertiary alicyclic amines) is 1. The van der Waals surface area contributed by atoms with Gasteiger partial charge in [-0.25, -0.2) is 0 Å². The van der Waals surface area contributed by atoms with Crippen LogP contribution >= 0.6 is 0 Å². The van der Waals surface area contributed by atoms with E-state index < -0.39 is 0 Å². The number of nitrogens with two attached hydrogens (primary N) is 1. The summed E-state index contributed by atoms with van der Waals surface area (Å²) < 4.78 is 11.5. The number of rotatable bonds is 4. The van der Waals surface area contributed by atoms with Crippen LogP contribution in [0.3, 0.4) is 0 Å². The molecule has 2 amide bonds. The fourth-order valence-corrected chi connectivity index (χ4v) is 3.71. The number of nitrogens with zero attached hydrogens (tertiary/aromatic N) is 1. The standard InChI is InChI=1S/C21H22N2O4/c1-13-6-7-14(21(22)25)11-23(13)20(24)12-26-15-8-9-19-17(10-15)16-4-2-3-5-18(16)27-19/h2-5,8-10,13-14H,6-7,11-12H2,1H3,(H2,22,25)/t13-,14-/m1/s1. The number of para-hydroxylation sites is 1. The van der Waals surface area contributed by atoms with E-state index in [1.165, 1.54) is 0 Å². The maximum Gasteiger partial charge on any atom is 0.260 e. The highest BCUT2D eigenvalue weighted by Gasteiger charge is 2.31. The van der Waals surface area contributed by atoms with Gasteiger partial charge in [-0.3, -0.25) is 9.59 Å². The summed E-state index contributed by atoms with van der Waals surface area (Å²) in [6.45, 7) is 2.28. The Kier molecular flexibility index (Phi) is 4.48. The summed E-state index contributed by atoms with van der Waals surface area (Å²) in [5.41, 5.74) is 7.01. The number of hydrogen-bond acceptors (Lipinski definition) is 4. The number of amides is 2. The van der Waals surface area contributed by atoms with Crippen LogP contribution in [-0.2, 0) is 9.59 Å². The van der Waals surface area contributed by atoms with Crippen LogP contribution in [0.2, 0.25) is 0 Å². The topological polar surface area (TPSA) is 85.8 Å². The second-order valence-corrected chi connectivity index (χ2v) is 7.12. The Bertz CT molecular complexity index is 1010. The number of benzene rings is 2. The summed E-state index contributed by atoms with van der Waals surface area (Å²) in [5, 5.41) is 1.97. The van der Waals surface area contributed by atoms with Crippen LogP contribution in [0.5, 0.6) is 5.75 Å². The molecule has 0 aliphatic carbocycles. The zero-order chi connectivity index (χ0) is 19.0. The maximum atomic E-state index is 12.6. The van der Waals surface area contributed by atoms with E-state index in [2.05, 4.69) is 0 Å². The van der Waals surface area contributed by atoms with Gasteiger partial charge in [-0.05, 0) is 44.0 Å². The average molecular weight is 366 g/mol. The third-order valence-electron chi connectivity index (χ3n) is 5.32. The molecule has 6 nitrogen and oxygen atoms in total. The molecule has 1 aliphatic heterocycles. The third kappa shape index (κ3) is 3.35. The molecule has 1 aromatic heterocycles. The number of carbonyl (C=O) groups is 2. The molecule has 1 saturated heterocycles. The lowest BCUT2D eigenvalue weighted by molar-refractivity contribution is -0.139. The molecule has 27 heavy (non-hydrogen) atoms. The summed E-state index contributed by atoms with van der Waals surface area (Å²) in [5.74, 6) is -0.152. The number of piperidine rings is 1. The van der Waals surface area contributed by atoms with Gasteiger partial charge in [0, 0.05) is 23.4 Å². The Hall–Kier alpha value is -3.02. The van der Waals surface area contributed by atoms with E-state index in [1.807, 2.05) is 43.3 Å². The molecule has 1 fully saturated rings. The highest BCUT2D eigenvalue weighted by atomic mass is 16.5. The lowest BCUT2D eigenvalue weighted by Gasteiger charge is -2.36. The number of furan rings is 1. The first-order valence-corrected chi connectivity index (χ1v) is 9.16. The number of carbonyl (C=O) groups excluding carboxylic acids is 2. The quantitative estimate of drug-likeness (QED) is 0.769. The molecule has 0 spiro atoms. The van der Waals surface area contributed by atoms with Crippen molar-refractivity contribution >= 4 is 33.8 Å². The van der Waals surface area contributed by atoms with Crippen LogP contribution in [0.1, 0.15) is 19.8 Å². The van der Waals surface area contributed by atoms with Crippen molar-refractivity contribution < 1.29 is 18.7 Å². The van der Waals surface area contributed by atoms with Gasteiger partial charge in [-0.1, -0.05) is 18.2 Å². The summed E-state index contributed by atoms with van der Waals surface area (Å²) in [7, 11) is 0. The van der Waals surface area contributed by atoms with Gasteiger partial charge in [-0.15, -0.1) is 0 Å². The summed E-state index contributed by atoms with van der Waals surface area (Å²) in [4.78, 5) is 25.8. The van der Waals surface area contributed by atoms with Crippen molar-refractivity contribution in [3.63, 3.8) is 0 Å².